The summed E-state index contributed by atoms with van der Waals surface area (Å²) in [5, 5.41) is 6.51. The lowest BCUT2D eigenvalue weighted by atomic mass is 9.96. The van der Waals surface area contributed by atoms with Crippen LogP contribution in [0.5, 0.6) is 5.75 Å². The second-order valence-corrected chi connectivity index (χ2v) is 9.96. The van der Waals surface area contributed by atoms with E-state index in [0.717, 1.165) is 34.9 Å². The van der Waals surface area contributed by atoms with Crippen LogP contribution in [0.15, 0.2) is 95.2 Å². The van der Waals surface area contributed by atoms with Crippen molar-refractivity contribution in [3.63, 3.8) is 0 Å². The lowest BCUT2D eigenvalue weighted by Gasteiger charge is -2.18. The first kappa shape index (κ1) is 25.4. The van der Waals surface area contributed by atoms with Crippen molar-refractivity contribution in [2.75, 3.05) is 6.61 Å². The minimum atomic E-state index is -0.185. The average molecular weight is 524 g/mol. The van der Waals surface area contributed by atoms with E-state index in [1.165, 1.54) is 16.9 Å². The molecule has 0 spiro atoms. The van der Waals surface area contributed by atoms with E-state index < -0.39 is 0 Å². The maximum absolute atomic E-state index is 13.1. The standard InChI is InChI=1S/C31H29N3O3S/c1-2-26(22-11-7-4-8-12-22)33-28(35)20-37-23-14-16-27-25(19-23)24(15-13-21-9-5-3-6-10-21)29(30(36)34-27)31-32-17-18-38-31/h3-12,14,16-19,26H,2,13,15,20H2,1H3,(H,33,35)(H,34,36)/t26-/m0/s1. The average Bonchev–Trinajstić information content (AvgIpc) is 3.49. The third kappa shape index (κ3) is 5.84. The smallest absolute Gasteiger partial charge is 0.259 e. The van der Waals surface area contributed by atoms with Gasteiger partial charge in [0.15, 0.2) is 6.61 Å². The van der Waals surface area contributed by atoms with Crippen LogP contribution in [0.25, 0.3) is 21.5 Å². The number of pyridine rings is 1. The summed E-state index contributed by atoms with van der Waals surface area (Å²) in [6, 6.07) is 25.6. The SMILES string of the molecule is CC[C@H](NC(=O)COc1ccc2[nH]c(=O)c(-c3nccs3)c(CCc3ccccc3)c2c1)c1ccccc1. The van der Waals surface area contributed by atoms with Crippen molar-refractivity contribution in [2.24, 2.45) is 0 Å². The van der Waals surface area contributed by atoms with E-state index in [1.807, 2.05) is 73.0 Å². The number of aromatic nitrogens is 2. The molecule has 0 aliphatic carbocycles. The number of nitrogens with one attached hydrogen (secondary N) is 2. The molecule has 2 N–H and O–H groups in total. The Morgan fingerprint density at radius 3 is 2.50 bits per heavy atom. The zero-order valence-corrected chi connectivity index (χ0v) is 22.0. The molecule has 3 aromatic carbocycles. The fourth-order valence-electron chi connectivity index (χ4n) is 4.67. The molecule has 5 aromatic rings. The highest BCUT2D eigenvalue weighted by molar-refractivity contribution is 7.13. The van der Waals surface area contributed by atoms with Crippen molar-refractivity contribution >= 4 is 28.1 Å². The highest BCUT2D eigenvalue weighted by Gasteiger charge is 2.18. The van der Waals surface area contributed by atoms with Gasteiger partial charge in [-0.1, -0.05) is 67.6 Å². The van der Waals surface area contributed by atoms with Gasteiger partial charge in [0.25, 0.3) is 11.5 Å². The Hall–Kier alpha value is -4.23. The first-order valence-electron chi connectivity index (χ1n) is 12.7. The van der Waals surface area contributed by atoms with Gasteiger partial charge in [0.05, 0.1) is 11.6 Å². The Bertz CT molecular complexity index is 1570. The molecule has 7 heteroatoms. The van der Waals surface area contributed by atoms with Crippen LogP contribution in [0.1, 0.15) is 36.1 Å². The van der Waals surface area contributed by atoms with E-state index in [9.17, 15) is 9.59 Å². The zero-order chi connectivity index (χ0) is 26.3. The number of nitrogens with zero attached hydrogens (tertiary/aromatic N) is 1. The van der Waals surface area contributed by atoms with Gasteiger partial charge in [-0.25, -0.2) is 4.98 Å². The van der Waals surface area contributed by atoms with Crippen molar-refractivity contribution in [2.45, 2.75) is 32.2 Å². The van der Waals surface area contributed by atoms with E-state index in [-0.39, 0.29) is 24.1 Å². The molecule has 1 atom stereocenters. The number of thiazole rings is 1. The van der Waals surface area contributed by atoms with Crippen LogP contribution in [0, 0.1) is 0 Å². The molecule has 0 radical (unpaired) electrons. The number of ether oxygens (including phenoxy) is 1. The van der Waals surface area contributed by atoms with E-state index in [4.69, 9.17) is 4.74 Å². The van der Waals surface area contributed by atoms with Crippen molar-refractivity contribution in [1.29, 1.82) is 0 Å². The van der Waals surface area contributed by atoms with Crippen LogP contribution in [0.4, 0.5) is 0 Å². The van der Waals surface area contributed by atoms with Crippen LogP contribution in [0.2, 0.25) is 0 Å². The molecule has 6 nitrogen and oxygen atoms in total. The first-order valence-corrected chi connectivity index (χ1v) is 13.6. The minimum Gasteiger partial charge on any atom is -0.484 e. The van der Waals surface area contributed by atoms with Crippen LogP contribution < -0.4 is 15.6 Å². The van der Waals surface area contributed by atoms with Gasteiger partial charge < -0.3 is 15.0 Å². The first-order chi connectivity index (χ1) is 18.6. The lowest BCUT2D eigenvalue weighted by molar-refractivity contribution is -0.123. The Balaban J connectivity index is 1.41. The Labute approximate surface area is 225 Å². The topological polar surface area (TPSA) is 84.1 Å². The maximum atomic E-state index is 13.1. The molecule has 0 aliphatic heterocycles. The maximum Gasteiger partial charge on any atom is 0.259 e. The van der Waals surface area contributed by atoms with Gasteiger partial charge in [0, 0.05) is 22.5 Å². The fourth-order valence-corrected chi connectivity index (χ4v) is 5.37. The quantitative estimate of drug-likeness (QED) is 0.232. The number of benzene rings is 3. The molecule has 5 rings (SSSR count). The third-order valence-electron chi connectivity index (χ3n) is 6.56. The van der Waals surface area contributed by atoms with Crippen molar-refractivity contribution in [3.05, 3.63) is 117 Å². The Kier molecular flexibility index (Phi) is 7.95. The van der Waals surface area contributed by atoms with Crippen LogP contribution >= 0.6 is 11.3 Å². The largest absolute Gasteiger partial charge is 0.484 e. The number of hydrogen-bond donors (Lipinski definition) is 2. The molecule has 0 saturated carbocycles. The van der Waals surface area contributed by atoms with Crippen molar-refractivity contribution < 1.29 is 9.53 Å². The number of amides is 1. The van der Waals surface area contributed by atoms with Crippen molar-refractivity contribution in [3.8, 4) is 16.3 Å². The molecule has 0 fully saturated rings. The van der Waals surface area contributed by atoms with E-state index >= 15 is 0 Å². The summed E-state index contributed by atoms with van der Waals surface area (Å²) in [4.78, 5) is 33.3. The predicted octanol–water partition coefficient (Wildman–Crippen LogP) is 6.08. The second kappa shape index (κ2) is 11.9. The number of hydrogen-bond acceptors (Lipinski definition) is 5. The van der Waals surface area contributed by atoms with Gasteiger partial charge in [-0.3, -0.25) is 9.59 Å². The van der Waals surface area contributed by atoms with Gasteiger partial charge >= 0.3 is 0 Å². The zero-order valence-electron chi connectivity index (χ0n) is 21.1. The highest BCUT2D eigenvalue weighted by Crippen LogP contribution is 2.31. The summed E-state index contributed by atoms with van der Waals surface area (Å²) >= 11 is 1.44. The molecule has 2 heterocycles. The van der Waals surface area contributed by atoms with E-state index in [1.54, 1.807) is 12.3 Å². The summed E-state index contributed by atoms with van der Waals surface area (Å²) in [7, 11) is 0. The minimum absolute atomic E-state index is 0.0700. The predicted molar refractivity (Wildman–Crippen MR) is 153 cm³/mol. The third-order valence-corrected chi connectivity index (χ3v) is 7.35. The van der Waals surface area contributed by atoms with Gasteiger partial charge in [-0.05, 0) is 54.2 Å². The molecule has 0 unspecified atom stereocenters. The monoisotopic (exact) mass is 523 g/mol. The normalized spacial score (nSPS) is 11.8. The number of aryl methyl sites for hydroxylation is 2. The summed E-state index contributed by atoms with van der Waals surface area (Å²) in [5.74, 6) is 0.383. The van der Waals surface area contributed by atoms with E-state index in [0.29, 0.717) is 22.7 Å². The summed E-state index contributed by atoms with van der Waals surface area (Å²) < 4.78 is 5.92. The summed E-state index contributed by atoms with van der Waals surface area (Å²) in [6.45, 7) is 1.94. The number of carbonyl (C=O) groups excluding carboxylic acids is 1. The van der Waals surface area contributed by atoms with Gasteiger partial charge in [0.2, 0.25) is 0 Å². The number of carbonyl (C=O) groups is 1. The second-order valence-electron chi connectivity index (χ2n) is 9.07. The molecular formula is C31H29N3O3S. The van der Waals surface area contributed by atoms with Gasteiger partial charge in [0.1, 0.15) is 10.8 Å². The number of fused-ring (bicyclic) bond motifs is 1. The Morgan fingerprint density at radius 2 is 1.79 bits per heavy atom. The molecule has 1 amide bonds. The lowest BCUT2D eigenvalue weighted by Crippen LogP contribution is -2.32. The summed E-state index contributed by atoms with van der Waals surface area (Å²) in [6.07, 6.45) is 3.94. The summed E-state index contributed by atoms with van der Waals surface area (Å²) in [5.41, 5.74) is 4.34. The number of H-pyrrole nitrogens is 1. The Morgan fingerprint density at radius 1 is 1.03 bits per heavy atom. The van der Waals surface area contributed by atoms with E-state index in [2.05, 4.69) is 27.4 Å². The molecule has 38 heavy (non-hydrogen) atoms. The van der Waals surface area contributed by atoms with Crippen LogP contribution in [-0.4, -0.2) is 22.5 Å². The highest BCUT2D eigenvalue weighted by atomic mass is 32.1. The van der Waals surface area contributed by atoms with Crippen LogP contribution in [-0.2, 0) is 17.6 Å². The molecule has 0 bridgehead atoms. The van der Waals surface area contributed by atoms with Gasteiger partial charge in [-0.2, -0.15) is 0 Å². The number of rotatable bonds is 10. The molecule has 192 valence electrons. The van der Waals surface area contributed by atoms with Crippen molar-refractivity contribution in [1.82, 2.24) is 15.3 Å². The fraction of sp³-hybridized carbons (Fsp3) is 0.194. The molecule has 0 saturated heterocycles. The van der Waals surface area contributed by atoms with Gasteiger partial charge in [-0.15, -0.1) is 11.3 Å². The molecular weight excluding hydrogens is 494 g/mol. The molecule has 0 aliphatic rings. The number of aromatic amines is 1. The molecule has 2 aromatic heterocycles. The van der Waals surface area contributed by atoms with Crippen LogP contribution in [0.3, 0.4) is 0 Å².